The van der Waals surface area contributed by atoms with Gasteiger partial charge in [0.25, 0.3) is 5.91 Å². The van der Waals surface area contributed by atoms with E-state index in [9.17, 15) is 13.6 Å². The van der Waals surface area contributed by atoms with E-state index in [2.05, 4.69) is 32.5 Å². The van der Waals surface area contributed by atoms with Crippen LogP contribution in [0.25, 0.3) is 11.3 Å². The van der Waals surface area contributed by atoms with Gasteiger partial charge in [0, 0.05) is 64.4 Å². The van der Waals surface area contributed by atoms with Gasteiger partial charge in [-0.25, -0.2) is 18.7 Å². The molecule has 1 saturated carbocycles. The van der Waals surface area contributed by atoms with Gasteiger partial charge in [-0.3, -0.25) is 14.8 Å². The van der Waals surface area contributed by atoms with E-state index in [-0.39, 0.29) is 29.8 Å². The van der Waals surface area contributed by atoms with E-state index < -0.39 is 11.6 Å². The zero-order valence-electron chi connectivity index (χ0n) is 24.4. The van der Waals surface area contributed by atoms with E-state index in [0.29, 0.717) is 50.5 Å². The zero-order chi connectivity index (χ0) is 30.8. The largest absolute Gasteiger partial charge is 0.349 e. The Bertz CT molecular complexity index is 1770. The molecule has 2 aliphatic rings. The summed E-state index contributed by atoms with van der Waals surface area (Å²) in [5.74, 6) is -0.704. The van der Waals surface area contributed by atoms with Gasteiger partial charge in [0.1, 0.15) is 11.6 Å². The Morgan fingerprint density at radius 1 is 1.05 bits per heavy atom. The second-order valence-electron chi connectivity index (χ2n) is 11.3. The molecule has 2 heterocycles. The van der Waals surface area contributed by atoms with Crippen molar-refractivity contribution in [3.63, 3.8) is 0 Å². The SMILES string of the molecule is CN=C1CCC(C)CC(NC(=O)c2ccc(Nc3ncc4c(n3)-c3ccc(Cl)cc3C(c3c(F)cccc3F)=NC4)cc2)C1. The van der Waals surface area contributed by atoms with Crippen LogP contribution in [0.4, 0.5) is 20.4 Å². The number of amides is 1. The van der Waals surface area contributed by atoms with Gasteiger partial charge in [-0.15, -0.1) is 0 Å². The number of nitrogens with zero attached hydrogens (tertiary/aromatic N) is 4. The number of carbonyl (C=O) groups is 1. The Morgan fingerprint density at radius 3 is 2.57 bits per heavy atom. The van der Waals surface area contributed by atoms with E-state index in [4.69, 9.17) is 16.6 Å². The third-order valence-electron chi connectivity index (χ3n) is 8.11. The number of anilines is 2. The Labute approximate surface area is 259 Å². The van der Waals surface area contributed by atoms with Crippen LogP contribution in [0.5, 0.6) is 0 Å². The quantitative estimate of drug-likeness (QED) is 0.228. The third kappa shape index (κ3) is 6.24. The minimum Gasteiger partial charge on any atom is -0.349 e. The van der Waals surface area contributed by atoms with Gasteiger partial charge in [-0.1, -0.05) is 30.7 Å². The minimum atomic E-state index is -0.713. The van der Waals surface area contributed by atoms with Gasteiger partial charge in [-0.05, 0) is 73.7 Å². The molecular formula is C34H31ClF2N6O. The molecule has 1 aliphatic carbocycles. The van der Waals surface area contributed by atoms with E-state index >= 15 is 0 Å². The highest BCUT2D eigenvalue weighted by atomic mass is 35.5. The lowest BCUT2D eigenvalue weighted by Gasteiger charge is -2.19. The Kier molecular flexibility index (Phi) is 8.48. The Hall–Kier alpha value is -4.50. The summed E-state index contributed by atoms with van der Waals surface area (Å²) in [6, 6.07) is 16.0. The van der Waals surface area contributed by atoms with Crippen molar-refractivity contribution in [1.82, 2.24) is 15.3 Å². The molecule has 1 aromatic heterocycles. The number of hydrogen-bond acceptors (Lipinski definition) is 6. The monoisotopic (exact) mass is 612 g/mol. The lowest BCUT2D eigenvalue weighted by atomic mass is 9.95. The summed E-state index contributed by atoms with van der Waals surface area (Å²) < 4.78 is 29.7. The number of hydrogen-bond donors (Lipinski definition) is 2. The lowest BCUT2D eigenvalue weighted by Crippen LogP contribution is -2.36. The molecule has 0 saturated heterocycles. The Morgan fingerprint density at radius 2 is 1.82 bits per heavy atom. The first-order valence-corrected chi connectivity index (χ1v) is 14.9. The highest BCUT2D eigenvalue weighted by molar-refractivity contribution is 6.31. The number of nitrogens with one attached hydrogen (secondary N) is 2. The molecule has 44 heavy (non-hydrogen) atoms. The summed E-state index contributed by atoms with van der Waals surface area (Å²) in [5.41, 5.74) is 4.72. The molecule has 0 spiro atoms. The van der Waals surface area contributed by atoms with Gasteiger partial charge >= 0.3 is 0 Å². The minimum absolute atomic E-state index is 0.0570. The molecule has 4 aromatic rings. The molecule has 1 fully saturated rings. The highest BCUT2D eigenvalue weighted by Crippen LogP contribution is 2.35. The maximum absolute atomic E-state index is 14.8. The molecule has 0 bridgehead atoms. The number of aliphatic imine (C=N–C) groups is 2. The van der Waals surface area contributed by atoms with Crippen LogP contribution in [0.3, 0.4) is 0 Å². The second-order valence-corrected chi connectivity index (χ2v) is 11.7. The van der Waals surface area contributed by atoms with Crippen molar-refractivity contribution in [1.29, 1.82) is 0 Å². The van der Waals surface area contributed by atoms with E-state index in [1.165, 1.54) is 18.2 Å². The molecule has 2 unspecified atom stereocenters. The summed E-state index contributed by atoms with van der Waals surface area (Å²) >= 11 is 6.32. The van der Waals surface area contributed by atoms with Gasteiger partial charge in [0.05, 0.1) is 23.5 Å². The summed E-state index contributed by atoms with van der Waals surface area (Å²) in [6.07, 6.45) is 5.42. The normalized spacial score (nSPS) is 18.8. The maximum atomic E-state index is 14.8. The topological polar surface area (TPSA) is 91.6 Å². The summed E-state index contributed by atoms with van der Waals surface area (Å²) in [7, 11) is 1.82. The average Bonchev–Trinajstić information content (AvgIpc) is 3.28. The Balaban J connectivity index is 1.23. The predicted octanol–water partition coefficient (Wildman–Crippen LogP) is 7.55. The van der Waals surface area contributed by atoms with Crippen LogP contribution in [0, 0.1) is 17.6 Å². The smallest absolute Gasteiger partial charge is 0.251 e. The van der Waals surface area contributed by atoms with E-state index in [0.717, 1.165) is 31.4 Å². The maximum Gasteiger partial charge on any atom is 0.251 e. The second kappa shape index (κ2) is 12.6. The predicted molar refractivity (Wildman–Crippen MR) is 170 cm³/mol. The number of benzene rings is 3. The molecule has 3 aromatic carbocycles. The van der Waals surface area contributed by atoms with Crippen LogP contribution >= 0.6 is 11.6 Å². The standard InChI is InChI=1S/C34H31ClF2N6O/c1-19-6-10-24(38-2)16-25(14-19)41-33(44)20-7-11-23(12-8-20)42-34-40-18-21-17-39-32(30-28(36)4-3-5-29(30)37)27-15-22(35)9-13-26(27)31(21)43-34/h3-5,7-9,11-13,15,18-19,25H,6,10,14,16-17H2,1-2H3,(H,41,44)(H,40,42,43). The molecule has 2 atom stereocenters. The highest BCUT2D eigenvalue weighted by Gasteiger charge is 2.26. The van der Waals surface area contributed by atoms with Crippen LogP contribution in [0.1, 0.15) is 59.7 Å². The lowest BCUT2D eigenvalue weighted by molar-refractivity contribution is 0.0933. The molecule has 2 N–H and O–H groups in total. The summed E-state index contributed by atoms with van der Waals surface area (Å²) in [4.78, 5) is 31.2. The fourth-order valence-corrected chi connectivity index (χ4v) is 6.00. The average molecular weight is 613 g/mol. The summed E-state index contributed by atoms with van der Waals surface area (Å²) in [5, 5.41) is 6.79. The number of halogens is 3. The fourth-order valence-electron chi connectivity index (χ4n) is 5.82. The van der Waals surface area contributed by atoms with Crippen molar-refractivity contribution in [3.8, 4) is 11.3 Å². The van der Waals surface area contributed by atoms with Crippen molar-refractivity contribution in [3.05, 3.63) is 106 Å². The van der Waals surface area contributed by atoms with Crippen molar-refractivity contribution in [2.24, 2.45) is 15.9 Å². The van der Waals surface area contributed by atoms with Gasteiger partial charge < -0.3 is 10.6 Å². The van der Waals surface area contributed by atoms with Gasteiger partial charge in [-0.2, -0.15) is 0 Å². The first-order valence-electron chi connectivity index (χ1n) is 14.6. The molecule has 224 valence electrons. The van der Waals surface area contributed by atoms with E-state index in [1.54, 1.807) is 48.7 Å². The molecule has 6 rings (SSSR count). The zero-order valence-corrected chi connectivity index (χ0v) is 25.1. The molecule has 10 heteroatoms. The first-order chi connectivity index (χ1) is 21.3. The number of rotatable bonds is 5. The molecule has 7 nitrogen and oxygen atoms in total. The first kappa shape index (κ1) is 29.6. The molecular weight excluding hydrogens is 582 g/mol. The van der Waals surface area contributed by atoms with Crippen molar-refractivity contribution in [2.45, 2.75) is 45.2 Å². The number of fused-ring (bicyclic) bond motifs is 3. The number of carbonyl (C=O) groups excluding carboxylic acids is 1. The van der Waals surface area contributed by atoms with Crippen molar-refractivity contribution >= 4 is 40.6 Å². The fraction of sp³-hybridized carbons (Fsp3) is 0.265. The molecule has 1 amide bonds. The number of aromatic nitrogens is 2. The molecule has 0 radical (unpaired) electrons. The third-order valence-corrected chi connectivity index (χ3v) is 8.35. The van der Waals surface area contributed by atoms with Gasteiger partial charge in [0.15, 0.2) is 0 Å². The van der Waals surface area contributed by atoms with E-state index in [1.807, 2.05) is 7.05 Å². The van der Waals surface area contributed by atoms with Crippen LogP contribution in [0.15, 0.2) is 76.8 Å². The van der Waals surface area contributed by atoms with Crippen LogP contribution in [0.2, 0.25) is 5.02 Å². The van der Waals surface area contributed by atoms with Gasteiger partial charge in [0.2, 0.25) is 5.95 Å². The van der Waals surface area contributed by atoms with Crippen LogP contribution < -0.4 is 10.6 Å². The van der Waals surface area contributed by atoms with Crippen LogP contribution in [-0.2, 0) is 6.54 Å². The van der Waals surface area contributed by atoms with Crippen molar-refractivity contribution < 1.29 is 13.6 Å². The summed E-state index contributed by atoms with van der Waals surface area (Å²) in [6.45, 7) is 2.34. The van der Waals surface area contributed by atoms with Crippen LogP contribution in [-0.4, -0.2) is 40.4 Å². The van der Waals surface area contributed by atoms with Crippen molar-refractivity contribution in [2.75, 3.05) is 12.4 Å². The molecule has 1 aliphatic heterocycles.